The summed E-state index contributed by atoms with van der Waals surface area (Å²) in [5.41, 5.74) is -0.118. The van der Waals surface area contributed by atoms with Crippen molar-refractivity contribution in [2.24, 2.45) is 11.8 Å². The highest BCUT2D eigenvalue weighted by atomic mass is 19.4. The van der Waals surface area contributed by atoms with Gasteiger partial charge in [-0.15, -0.1) is 0 Å². The highest BCUT2D eigenvalue weighted by molar-refractivity contribution is 6.02. The van der Waals surface area contributed by atoms with E-state index in [1.54, 1.807) is 24.0 Å². The smallest absolute Gasteiger partial charge is 0.416 e. The van der Waals surface area contributed by atoms with Crippen molar-refractivity contribution >= 4 is 23.3 Å². The molecule has 0 unspecified atom stereocenters. The van der Waals surface area contributed by atoms with Crippen LogP contribution in [0.3, 0.4) is 0 Å². The molecule has 2 aromatic rings. The van der Waals surface area contributed by atoms with E-state index in [2.05, 4.69) is 29.5 Å². The lowest BCUT2D eigenvalue weighted by Gasteiger charge is -2.36. The van der Waals surface area contributed by atoms with Crippen molar-refractivity contribution in [3.8, 4) is 5.75 Å². The first-order valence-electron chi connectivity index (χ1n) is 17.6. The van der Waals surface area contributed by atoms with E-state index in [1.807, 2.05) is 6.92 Å². The van der Waals surface area contributed by atoms with Gasteiger partial charge in [-0.2, -0.15) is 13.2 Å². The van der Waals surface area contributed by atoms with Crippen LogP contribution in [0.25, 0.3) is 0 Å². The molecular weight excluding hydrogens is 637 g/mol. The van der Waals surface area contributed by atoms with Gasteiger partial charge in [0.15, 0.2) is 0 Å². The molecule has 3 amide bonds. The van der Waals surface area contributed by atoms with E-state index in [0.717, 1.165) is 44.5 Å². The van der Waals surface area contributed by atoms with Gasteiger partial charge in [-0.3, -0.25) is 4.79 Å². The molecule has 0 radical (unpaired) electrons. The number of benzene rings is 2. The highest BCUT2D eigenvalue weighted by Crippen LogP contribution is 2.31. The number of anilines is 2. The van der Waals surface area contributed by atoms with Crippen molar-refractivity contribution in [1.29, 1.82) is 0 Å². The molecule has 2 aromatic carbocycles. The van der Waals surface area contributed by atoms with Gasteiger partial charge < -0.3 is 35.0 Å². The fourth-order valence-electron chi connectivity index (χ4n) is 6.69. The zero-order chi connectivity index (χ0) is 35.6. The van der Waals surface area contributed by atoms with Gasteiger partial charge in [0.1, 0.15) is 5.75 Å². The fraction of sp³-hybridized carbons (Fsp3) is 0.622. The maximum atomic E-state index is 14.4. The molecule has 0 bridgehead atoms. The third-order valence-corrected chi connectivity index (χ3v) is 9.57. The standard InChI is InChI=1S/C37H53F3N4O5/c1-25-21-44(26(2)24-45)35(46)32-20-31(42-36(47)41-30-15-13-29(14-16-30)37(38,39)40)17-18-33(32)49-27(3)10-8-9-19-48-34(25)23-43(4)22-28-11-6-5-7-12-28/h13-18,20,25-28,34,45H,5-12,19,21-24H2,1-4H3,(H2,41,42,47)/t25-,26-,27+,34-/m1/s1. The van der Waals surface area contributed by atoms with Crippen molar-refractivity contribution in [2.75, 3.05) is 50.5 Å². The second-order valence-electron chi connectivity index (χ2n) is 13.9. The summed E-state index contributed by atoms with van der Waals surface area (Å²) in [5, 5.41) is 15.4. The van der Waals surface area contributed by atoms with Crippen LogP contribution >= 0.6 is 0 Å². The van der Waals surface area contributed by atoms with Crippen LogP contribution in [-0.2, 0) is 10.9 Å². The zero-order valence-corrected chi connectivity index (χ0v) is 29.2. The van der Waals surface area contributed by atoms with Gasteiger partial charge in [-0.05, 0) is 101 Å². The van der Waals surface area contributed by atoms with Crippen LogP contribution in [0.4, 0.5) is 29.3 Å². The summed E-state index contributed by atoms with van der Waals surface area (Å²) in [5.74, 6) is 0.659. The highest BCUT2D eigenvalue weighted by Gasteiger charge is 2.32. The number of likely N-dealkylation sites (N-methyl/N-ethyl adjacent to an activating group) is 1. The average Bonchev–Trinajstić information content (AvgIpc) is 3.06. The third-order valence-electron chi connectivity index (χ3n) is 9.57. The van der Waals surface area contributed by atoms with Crippen LogP contribution in [0.5, 0.6) is 5.75 Å². The number of nitrogens with one attached hydrogen (secondary N) is 2. The third kappa shape index (κ3) is 11.6. The Morgan fingerprint density at radius 2 is 1.63 bits per heavy atom. The predicted molar refractivity (Wildman–Crippen MR) is 185 cm³/mol. The molecule has 1 aliphatic carbocycles. The van der Waals surface area contributed by atoms with E-state index in [9.17, 15) is 27.9 Å². The number of aliphatic hydroxyl groups excluding tert-OH is 1. The lowest BCUT2D eigenvalue weighted by Crippen LogP contribution is -2.47. The first kappa shape index (κ1) is 38.5. The number of alkyl halides is 3. The Morgan fingerprint density at radius 1 is 0.980 bits per heavy atom. The molecule has 1 heterocycles. The lowest BCUT2D eigenvalue weighted by molar-refractivity contribution is -0.137. The molecule has 3 N–H and O–H groups in total. The summed E-state index contributed by atoms with van der Waals surface area (Å²) >= 11 is 0. The molecule has 0 aromatic heterocycles. The largest absolute Gasteiger partial charge is 0.490 e. The van der Waals surface area contributed by atoms with Gasteiger partial charge >= 0.3 is 12.2 Å². The quantitative estimate of drug-likeness (QED) is 0.263. The van der Waals surface area contributed by atoms with Crippen molar-refractivity contribution in [1.82, 2.24) is 9.80 Å². The molecule has 1 aliphatic heterocycles. The first-order chi connectivity index (χ1) is 23.3. The monoisotopic (exact) mass is 690 g/mol. The molecule has 2 aliphatic rings. The van der Waals surface area contributed by atoms with Crippen molar-refractivity contribution in [2.45, 2.75) is 96.6 Å². The van der Waals surface area contributed by atoms with Gasteiger partial charge in [-0.1, -0.05) is 26.2 Å². The van der Waals surface area contributed by atoms with Crippen molar-refractivity contribution in [3.63, 3.8) is 0 Å². The number of carbonyl (C=O) groups is 2. The van der Waals surface area contributed by atoms with E-state index in [4.69, 9.17) is 9.47 Å². The molecule has 1 saturated carbocycles. The second kappa shape index (κ2) is 18.1. The minimum Gasteiger partial charge on any atom is -0.490 e. The number of nitrogens with zero attached hydrogens (tertiary/aromatic N) is 2. The Bertz CT molecular complexity index is 1350. The Morgan fingerprint density at radius 3 is 2.31 bits per heavy atom. The lowest BCUT2D eigenvalue weighted by atomic mass is 9.89. The number of amides is 3. The Hall–Kier alpha value is -3.35. The van der Waals surface area contributed by atoms with E-state index in [1.165, 1.54) is 50.3 Å². The van der Waals surface area contributed by atoms with Gasteiger partial charge in [-0.25, -0.2) is 4.79 Å². The molecule has 0 spiro atoms. The number of aliphatic hydroxyl groups is 1. The molecule has 4 atom stereocenters. The minimum absolute atomic E-state index is 0.0474. The van der Waals surface area contributed by atoms with Crippen molar-refractivity contribution in [3.05, 3.63) is 53.6 Å². The maximum Gasteiger partial charge on any atom is 0.416 e. The Labute approximate surface area is 288 Å². The van der Waals surface area contributed by atoms with Crippen LogP contribution in [-0.4, -0.2) is 85.0 Å². The SMILES string of the molecule is C[C@@H]1CN([C@H](C)CO)C(=O)c2cc(NC(=O)Nc3ccc(C(F)(F)F)cc3)ccc2O[C@@H](C)CCCCO[C@@H]1CN(C)CC1CCCCC1. The van der Waals surface area contributed by atoms with Gasteiger partial charge in [0.25, 0.3) is 5.91 Å². The summed E-state index contributed by atoms with van der Waals surface area (Å²) in [4.78, 5) is 31.2. The van der Waals surface area contributed by atoms with Crippen LogP contribution in [0.1, 0.15) is 88.1 Å². The van der Waals surface area contributed by atoms with Crippen molar-refractivity contribution < 1.29 is 37.3 Å². The normalized spacial score (nSPS) is 22.5. The summed E-state index contributed by atoms with van der Waals surface area (Å²) in [6, 6.07) is 7.72. The summed E-state index contributed by atoms with van der Waals surface area (Å²) in [6.07, 6.45) is 4.13. The number of fused-ring (bicyclic) bond motifs is 1. The van der Waals surface area contributed by atoms with Crippen LogP contribution in [0.15, 0.2) is 42.5 Å². The number of ether oxygens (including phenoxy) is 2. The number of carbonyl (C=O) groups excluding carboxylic acids is 2. The Kier molecular flexibility index (Phi) is 14.2. The summed E-state index contributed by atoms with van der Waals surface area (Å²) in [6.45, 7) is 8.29. The van der Waals surface area contributed by atoms with E-state index in [-0.39, 0.29) is 41.9 Å². The second-order valence-corrected chi connectivity index (χ2v) is 13.9. The number of halogens is 3. The van der Waals surface area contributed by atoms with Gasteiger partial charge in [0, 0.05) is 43.5 Å². The predicted octanol–water partition coefficient (Wildman–Crippen LogP) is 7.66. The molecule has 0 saturated heterocycles. The average molecular weight is 691 g/mol. The minimum atomic E-state index is -4.49. The van der Waals surface area contributed by atoms with Crippen LogP contribution in [0, 0.1) is 11.8 Å². The molecule has 9 nitrogen and oxygen atoms in total. The number of rotatable bonds is 8. The first-order valence-corrected chi connectivity index (χ1v) is 17.6. The number of urea groups is 1. The molecule has 272 valence electrons. The molecular formula is C37H53F3N4O5. The van der Waals surface area contributed by atoms with E-state index in [0.29, 0.717) is 30.5 Å². The number of hydrogen-bond donors (Lipinski definition) is 3. The molecule has 4 rings (SSSR count). The fourth-order valence-corrected chi connectivity index (χ4v) is 6.69. The van der Waals surface area contributed by atoms with Crippen LogP contribution in [0.2, 0.25) is 0 Å². The van der Waals surface area contributed by atoms with Crippen LogP contribution < -0.4 is 15.4 Å². The molecule has 12 heteroatoms. The number of hydrogen-bond acceptors (Lipinski definition) is 6. The maximum absolute atomic E-state index is 14.4. The Balaban J connectivity index is 1.55. The topological polar surface area (TPSA) is 103 Å². The molecule has 1 fully saturated rings. The van der Waals surface area contributed by atoms with E-state index < -0.39 is 23.8 Å². The molecule has 49 heavy (non-hydrogen) atoms. The van der Waals surface area contributed by atoms with Gasteiger partial charge in [0.05, 0.1) is 36.0 Å². The van der Waals surface area contributed by atoms with Gasteiger partial charge in [0.2, 0.25) is 0 Å². The van der Waals surface area contributed by atoms with E-state index >= 15 is 0 Å². The summed E-state index contributed by atoms with van der Waals surface area (Å²) in [7, 11) is 2.15. The zero-order valence-electron chi connectivity index (χ0n) is 29.2. The summed E-state index contributed by atoms with van der Waals surface area (Å²) < 4.78 is 51.6.